The van der Waals surface area contributed by atoms with Gasteiger partial charge in [0.1, 0.15) is 47.5 Å². The predicted octanol–water partition coefficient (Wildman–Crippen LogP) is 9.79. The summed E-state index contributed by atoms with van der Waals surface area (Å²) in [5.74, 6) is -18.0. The fourth-order valence-corrected chi connectivity index (χ4v) is 7.70. The molecule has 7 rings (SSSR count). The third-order valence-electron chi connectivity index (χ3n) is 10.4. The van der Waals surface area contributed by atoms with E-state index in [0.717, 1.165) is 60.7 Å². The van der Waals surface area contributed by atoms with Gasteiger partial charge in [-0.05, 0) is 70.8 Å². The van der Waals surface area contributed by atoms with E-state index in [1.165, 1.54) is 0 Å². The van der Waals surface area contributed by atoms with Crippen LogP contribution in [0.2, 0.25) is 0 Å². The predicted molar refractivity (Wildman–Crippen MR) is 210 cm³/mol. The van der Waals surface area contributed by atoms with Crippen LogP contribution in [-0.2, 0) is 0 Å². The van der Waals surface area contributed by atoms with Gasteiger partial charge < -0.3 is 0 Å². The van der Waals surface area contributed by atoms with Crippen LogP contribution in [0.3, 0.4) is 0 Å². The van der Waals surface area contributed by atoms with Gasteiger partial charge in [-0.1, -0.05) is 0 Å². The summed E-state index contributed by atoms with van der Waals surface area (Å²) in [5.41, 5.74) is -17.8. The van der Waals surface area contributed by atoms with E-state index in [2.05, 4.69) is 0 Å². The molecule has 0 radical (unpaired) electrons. The lowest BCUT2D eigenvalue weighted by Gasteiger charge is -2.16. The van der Waals surface area contributed by atoms with Crippen molar-refractivity contribution in [3.63, 3.8) is 0 Å². The second kappa shape index (κ2) is 16.4. The molecule has 0 aromatic heterocycles. The van der Waals surface area contributed by atoms with Crippen molar-refractivity contribution in [2.45, 2.75) is 0 Å². The van der Waals surface area contributed by atoms with Crippen molar-refractivity contribution in [1.29, 1.82) is 52.6 Å². The van der Waals surface area contributed by atoms with Crippen LogP contribution >= 0.6 is 0 Å². The van der Waals surface area contributed by atoms with Gasteiger partial charge in [-0.15, -0.1) is 0 Å². The molecule has 2 aliphatic rings. The Balaban J connectivity index is 1.77. The molecule has 0 spiro atoms. The Bertz CT molecular complexity index is 3430. The summed E-state index contributed by atoms with van der Waals surface area (Å²) in [7, 11) is 0. The topological polar surface area (TPSA) is 238 Å². The summed E-state index contributed by atoms with van der Waals surface area (Å²) in [6.07, 6.45) is 0. The van der Waals surface area contributed by atoms with Gasteiger partial charge in [0.05, 0.1) is 80.0 Å². The molecule has 0 fully saturated rings. The van der Waals surface area contributed by atoms with E-state index in [4.69, 9.17) is 0 Å². The fourth-order valence-electron chi connectivity index (χ4n) is 7.70. The Hall–Kier alpha value is -10.6. The van der Waals surface area contributed by atoms with Gasteiger partial charge in [0.15, 0.2) is 46.5 Å². The van der Waals surface area contributed by atoms with E-state index < -0.39 is 136 Å². The van der Waals surface area contributed by atoms with Gasteiger partial charge in [-0.25, -0.2) is 35.1 Å². The maximum Gasteiger partial charge on any atom is 0.180 e. The van der Waals surface area contributed by atoms with E-state index in [-0.39, 0.29) is 33.4 Å². The number of nitriles is 10. The average Bonchev–Trinajstić information content (AvgIpc) is 3.80. The highest BCUT2D eigenvalue weighted by Crippen LogP contribution is 2.57. The molecular formula is C48H8F8N10. The van der Waals surface area contributed by atoms with Crippen LogP contribution < -0.4 is 0 Å². The zero-order chi connectivity index (χ0) is 48.0. The van der Waals surface area contributed by atoms with E-state index in [0.29, 0.717) is 0 Å². The van der Waals surface area contributed by atoms with Crippen LogP contribution in [0, 0.1) is 160 Å². The van der Waals surface area contributed by atoms with Crippen molar-refractivity contribution < 1.29 is 35.1 Å². The molecule has 0 unspecified atom stereocenters. The lowest BCUT2D eigenvalue weighted by molar-refractivity contribution is 0.447. The molecule has 0 saturated carbocycles. The molecule has 0 heterocycles. The molecule has 66 heavy (non-hydrogen) atoms. The Labute approximate surface area is 365 Å². The maximum absolute atomic E-state index is 16.2. The number of hydrogen-bond acceptors (Lipinski definition) is 10. The molecule has 0 atom stereocenters. The molecule has 10 nitrogen and oxygen atoms in total. The lowest BCUT2D eigenvalue weighted by atomic mass is 9.86. The quantitative estimate of drug-likeness (QED) is 0.0940. The first-order valence-electron chi connectivity index (χ1n) is 17.9. The van der Waals surface area contributed by atoms with E-state index >= 15 is 35.1 Å². The zero-order valence-electron chi connectivity index (χ0n) is 32.1. The van der Waals surface area contributed by atoms with Crippen LogP contribution in [0.4, 0.5) is 35.1 Å². The van der Waals surface area contributed by atoms with Crippen molar-refractivity contribution in [2.75, 3.05) is 0 Å². The largest absolute Gasteiger partial charge is 0.203 e. The Morgan fingerprint density at radius 1 is 0.318 bits per heavy atom. The van der Waals surface area contributed by atoms with E-state index in [1.54, 1.807) is 48.6 Å². The van der Waals surface area contributed by atoms with Gasteiger partial charge in [0.25, 0.3) is 0 Å². The molecule has 0 N–H and O–H groups in total. The first-order chi connectivity index (χ1) is 31.6. The van der Waals surface area contributed by atoms with E-state index in [9.17, 15) is 52.6 Å². The second-order valence-electron chi connectivity index (χ2n) is 13.7. The first-order valence-corrected chi connectivity index (χ1v) is 17.9. The summed E-state index contributed by atoms with van der Waals surface area (Å²) >= 11 is 0. The molecule has 2 aliphatic carbocycles. The molecule has 5 aromatic rings. The van der Waals surface area contributed by atoms with Crippen LogP contribution in [0.5, 0.6) is 0 Å². The van der Waals surface area contributed by atoms with Gasteiger partial charge in [0.2, 0.25) is 0 Å². The molecule has 306 valence electrons. The van der Waals surface area contributed by atoms with Crippen LogP contribution in [0.15, 0.2) is 48.5 Å². The van der Waals surface area contributed by atoms with Gasteiger partial charge >= 0.3 is 0 Å². The second-order valence-corrected chi connectivity index (χ2v) is 13.7. The summed E-state index contributed by atoms with van der Waals surface area (Å²) in [6, 6.07) is 23.6. The van der Waals surface area contributed by atoms with E-state index in [1.807, 2.05) is 0 Å². The lowest BCUT2D eigenvalue weighted by Crippen LogP contribution is -2.07. The Kier molecular flexibility index (Phi) is 10.8. The molecule has 0 aliphatic heterocycles. The van der Waals surface area contributed by atoms with Gasteiger partial charge in [-0.3, -0.25) is 0 Å². The first kappa shape index (κ1) is 43.5. The monoisotopic (exact) mass is 876 g/mol. The summed E-state index contributed by atoms with van der Waals surface area (Å²) < 4.78 is 127. The van der Waals surface area contributed by atoms with Gasteiger partial charge in [0, 0.05) is 33.4 Å². The summed E-state index contributed by atoms with van der Waals surface area (Å²) in [4.78, 5) is 0. The molecule has 0 saturated heterocycles. The number of hydrogen-bond donors (Lipinski definition) is 0. The van der Waals surface area contributed by atoms with Crippen molar-refractivity contribution in [3.8, 4) is 60.7 Å². The number of allylic oxidation sites excluding steroid dienone is 8. The third kappa shape index (κ3) is 6.23. The Morgan fingerprint density at radius 3 is 0.833 bits per heavy atom. The smallest absolute Gasteiger partial charge is 0.180 e. The van der Waals surface area contributed by atoms with Crippen LogP contribution in [0.25, 0.3) is 44.6 Å². The molecule has 18 heteroatoms. The number of rotatable bonds is 4. The fraction of sp³-hybridized carbons (Fsp3) is 0. The standard InChI is InChI=1S/C48H8F8N10/c49-41-33(17-65)42(50)46(54)39(45(41)53)37-31(15-63)25-8-28-26(7-27(25)35(37)29(13-61)23-3-19(9-57)1-20(4-23)10-58)32(16-64)38(40-47(55)43(51)34(18-66)44(52)48(40)56)36(28)30(14-62)24-5-21(11-59)2-22(6-24)12-60/h1-8H/b35-29+,36-30+. The highest BCUT2D eigenvalue weighted by atomic mass is 19.2. The summed E-state index contributed by atoms with van der Waals surface area (Å²) in [5, 5.41) is 101. The summed E-state index contributed by atoms with van der Waals surface area (Å²) in [6.45, 7) is 0. The SMILES string of the molecule is N#CC1=C(c2c(F)c(F)c(C#N)c(F)c2F)/C(=C(\C#N)c2cc(C#N)cc(C#N)c2)c2cc3c(cc21)/C(=C(/C#N)c1cc(C#N)cc(C#N)c1)C(c1c(F)c(F)c(C#N)c(F)c1F)=C3C#N. The number of fused-ring (bicyclic) bond motifs is 2. The molecule has 5 aromatic carbocycles. The number of benzene rings is 5. The molecule has 0 amide bonds. The normalized spacial score (nSPS) is 13.5. The van der Waals surface area contributed by atoms with Crippen molar-refractivity contribution in [1.82, 2.24) is 0 Å². The number of nitrogens with zero attached hydrogens (tertiary/aromatic N) is 10. The molecular weight excluding hydrogens is 869 g/mol. The van der Waals surface area contributed by atoms with Crippen LogP contribution in [0.1, 0.15) is 77.9 Å². The van der Waals surface area contributed by atoms with Crippen LogP contribution in [-0.4, -0.2) is 0 Å². The Morgan fingerprint density at radius 2 is 0.606 bits per heavy atom. The number of halogens is 8. The molecule has 0 bridgehead atoms. The zero-order valence-corrected chi connectivity index (χ0v) is 32.1. The minimum atomic E-state index is -2.25. The highest BCUT2D eigenvalue weighted by Gasteiger charge is 2.42. The average molecular weight is 877 g/mol. The van der Waals surface area contributed by atoms with Crippen molar-refractivity contribution in [3.05, 3.63) is 173 Å². The minimum Gasteiger partial charge on any atom is -0.203 e. The van der Waals surface area contributed by atoms with Crippen molar-refractivity contribution in [2.24, 2.45) is 0 Å². The third-order valence-corrected chi connectivity index (χ3v) is 10.4. The van der Waals surface area contributed by atoms with Gasteiger partial charge in [-0.2, -0.15) is 52.6 Å². The van der Waals surface area contributed by atoms with Crippen molar-refractivity contribution >= 4 is 44.6 Å². The maximum atomic E-state index is 16.2. The highest BCUT2D eigenvalue weighted by molar-refractivity contribution is 6.34. The minimum absolute atomic E-state index is 0.271.